The standard InChI is InChI=1S/C13H13NO5S/c1-18-9-6-10-7(14-13(9)19-2)5-11(20-10)8(15)3-4-12(16)17/h5-6H,3-4H2,1-2H3,(H,16,17). The lowest BCUT2D eigenvalue weighted by molar-refractivity contribution is -0.136. The van der Waals surface area contributed by atoms with Crippen LogP contribution in [-0.2, 0) is 4.79 Å². The molecule has 2 rings (SSSR count). The molecule has 0 saturated heterocycles. The van der Waals surface area contributed by atoms with Gasteiger partial charge < -0.3 is 14.6 Å². The summed E-state index contributed by atoms with van der Waals surface area (Å²) >= 11 is 1.27. The lowest BCUT2D eigenvalue weighted by Crippen LogP contribution is -2.01. The largest absolute Gasteiger partial charge is 0.491 e. The van der Waals surface area contributed by atoms with E-state index in [0.717, 1.165) is 4.70 Å². The van der Waals surface area contributed by atoms with Crippen molar-refractivity contribution >= 4 is 33.3 Å². The van der Waals surface area contributed by atoms with Gasteiger partial charge in [-0.3, -0.25) is 9.59 Å². The summed E-state index contributed by atoms with van der Waals surface area (Å²) in [6, 6.07) is 3.39. The molecule has 2 aromatic heterocycles. The van der Waals surface area contributed by atoms with E-state index in [-0.39, 0.29) is 18.6 Å². The van der Waals surface area contributed by atoms with Gasteiger partial charge in [0.1, 0.15) is 0 Å². The van der Waals surface area contributed by atoms with E-state index in [9.17, 15) is 9.59 Å². The quantitative estimate of drug-likeness (QED) is 0.823. The number of fused-ring (bicyclic) bond motifs is 1. The maximum Gasteiger partial charge on any atom is 0.303 e. The third-order valence-corrected chi connectivity index (χ3v) is 3.80. The van der Waals surface area contributed by atoms with Crippen LogP contribution in [0, 0.1) is 0 Å². The Morgan fingerprint density at radius 3 is 2.60 bits per heavy atom. The fraction of sp³-hybridized carbons (Fsp3) is 0.308. The van der Waals surface area contributed by atoms with Crippen molar-refractivity contribution in [2.45, 2.75) is 12.8 Å². The van der Waals surface area contributed by atoms with E-state index in [0.29, 0.717) is 22.0 Å². The Labute approximate surface area is 119 Å². The number of ether oxygens (including phenoxy) is 2. The van der Waals surface area contributed by atoms with Crippen LogP contribution in [-0.4, -0.2) is 36.1 Å². The van der Waals surface area contributed by atoms with E-state index in [4.69, 9.17) is 14.6 Å². The zero-order valence-electron chi connectivity index (χ0n) is 11.0. The highest BCUT2D eigenvalue weighted by atomic mass is 32.1. The number of aliphatic carboxylic acids is 1. The smallest absolute Gasteiger partial charge is 0.303 e. The monoisotopic (exact) mass is 295 g/mol. The molecular weight excluding hydrogens is 282 g/mol. The van der Waals surface area contributed by atoms with Crippen LogP contribution in [0.5, 0.6) is 11.6 Å². The zero-order chi connectivity index (χ0) is 14.7. The van der Waals surface area contributed by atoms with Gasteiger partial charge in [-0.05, 0) is 6.07 Å². The van der Waals surface area contributed by atoms with Gasteiger partial charge in [0.15, 0.2) is 11.5 Å². The number of pyridine rings is 1. The van der Waals surface area contributed by atoms with E-state index in [1.54, 1.807) is 12.1 Å². The molecule has 0 atom stereocenters. The van der Waals surface area contributed by atoms with Gasteiger partial charge in [-0.1, -0.05) is 0 Å². The number of hydrogen-bond donors (Lipinski definition) is 1. The Morgan fingerprint density at radius 2 is 2.00 bits per heavy atom. The number of carboxylic acids is 1. The molecule has 0 bridgehead atoms. The number of hydrogen-bond acceptors (Lipinski definition) is 6. The summed E-state index contributed by atoms with van der Waals surface area (Å²) in [7, 11) is 3.00. The van der Waals surface area contributed by atoms with Crippen molar-refractivity contribution in [1.29, 1.82) is 0 Å². The average molecular weight is 295 g/mol. The van der Waals surface area contributed by atoms with Gasteiger partial charge in [0.25, 0.3) is 5.88 Å². The molecule has 2 aromatic rings. The third kappa shape index (κ3) is 2.88. The second-order valence-electron chi connectivity index (χ2n) is 4.01. The van der Waals surface area contributed by atoms with Crippen molar-refractivity contribution in [3.63, 3.8) is 0 Å². The van der Waals surface area contributed by atoms with Gasteiger partial charge >= 0.3 is 5.97 Å². The maximum absolute atomic E-state index is 11.9. The van der Waals surface area contributed by atoms with Crippen LogP contribution in [0.4, 0.5) is 0 Å². The van der Waals surface area contributed by atoms with Crippen LogP contribution in [0.15, 0.2) is 12.1 Å². The minimum atomic E-state index is -0.985. The van der Waals surface area contributed by atoms with Gasteiger partial charge in [-0.2, -0.15) is 0 Å². The topological polar surface area (TPSA) is 85.7 Å². The maximum atomic E-state index is 11.9. The summed E-state index contributed by atoms with van der Waals surface area (Å²) < 4.78 is 11.0. The molecule has 0 aliphatic rings. The number of rotatable bonds is 6. The van der Waals surface area contributed by atoms with Gasteiger partial charge in [0.05, 0.1) is 35.7 Å². The first kappa shape index (κ1) is 14.3. The van der Waals surface area contributed by atoms with Gasteiger partial charge in [-0.15, -0.1) is 11.3 Å². The van der Waals surface area contributed by atoms with Gasteiger partial charge in [0.2, 0.25) is 0 Å². The van der Waals surface area contributed by atoms with Crippen LogP contribution >= 0.6 is 11.3 Å². The summed E-state index contributed by atoms with van der Waals surface area (Å²) in [5, 5.41) is 8.59. The van der Waals surface area contributed by atoms with Gasteiger partial charge in [-0.25, -0.2) is 4.98 Å². The van der Waals surface area contributed by atoms with Crippen LogP contribution in [0.1, 0.15) is 22.5 Å². The number of methoxy groups -OCH3 is 2. The van der Waals surface area contributed by atoms with Crippen molar-refractivity contribution in [3.05, 3.63) is 17.0 Å². The summed E-state index contributed by atoms with van der Waals surface area (Å²) in [5.41, 5.74) is 0.631. The van der Waals surface area contributed by atoms with Crippen molar-refractivity contribution in [3.8, 4) is 11.6 Å². The molecule has 106 valence electrons. The van der Waals surface area contributed by atoms with Crippen LogP contribution in [0.25, 0.3) is 10.2 Å². The Bertz CT molecular complexity index is 623. The van der Waals surface area contributed by atoms with Crippen molar-refractivity contribution in [2.24, 2.45) is 0 Å². The van der Waals surface area contributed by atoms with E-state index in [1.165, 1.54) is 25.6 Å². The number of aromatic nitrogens is 1. The highest BCUT2D eigenvalue weighted by molar-refractivity contribution is 7.20. The van der Waals surface area contributed by atoms with E-state index in [1.807, 2.05) is 0 Å². The number of Topliss-reactive ketones (excluding diaryl/α,β-unsaturated/α-hetero) is 1. The molecule has 0 amide bonds. The lowest BCUT2D eigenvalue weighted by atomic mass is 10.2. The van der Waals surface area contributed by atoms with Crippen molar-refractivity contribution < 1.29 is 24.2 Å². The predicted octanol–water partition coefficient (Wildman–Crippen LogP) is 2.36. The Kier molecular flexibility index (Phi) is 4.19. The van der Waals surface area contributed by atoms with Gasteiger partial charge in [0, 0.05) is 12.5 Å². The summed E-state index contributed by atoms with van der Waals surface area (Å²) in [5.74, 6) is -0.344. The molecule has 0 saturated carbocycles. The Balaban J connectivity index is 2.33. The number of ketones is 1. The molecule has 0 aliphatic carbocycles. The lowest BCUT2D eigenvalue weighted by Gasteiger charge is -2.05. The molecule has 0 aliphatic heterocycles. The van der Waals surface area contributed by atoms with Crippen molar-refractivity contribution in [1.82, 2.24) is 4.98 Å². The zero-order valence-corrected chi connectivity index (χ0v) is 11.8. The van der Waals surface area contributed by atoms with Crippen LogP contribution in [0.2, 0.25) is 0 Å². The molecule has 1 N–H and O–H groups in total. The minimum absolute atomic E-state index is 0.0174. The first-order valence-electron chi connectivity index (χ1n) is 5.82. The fourth-order valence-corrected chi connectivity index (χ4v) is 2.70. The molecule has 0 radical (unpaired) electrons. The number of nitrogens with zero attached hydrogens (tertiary/aromatic N) is 1. The molecule has 0 fully saturated rings. The predicted molar refractivity (Wildman–Crippen MR) is 73.9 cm³/mol. The molecule has 6 nitrogen and oxygen atoms in total. The highest BCUT2D eigenvalue weighted by Crippen LogP contribution is 2.33. The molecule has 7 heteroatoms. The number of carbonyl (C=O) groups is 2. The highest BCUT2D eigenvalue weighted by Gasteiger charge is 2.15. The fourth-order valence-electron chi connectivity index (χ4n) is 1.71. The molecule has 20 heavy (non-hydrogen) atoms. The second kappa shape index (κ2) is 5.87. The molecule has 0 unspecified atom stereocenters. The van der Waals surface area contributed by atoms with Crippen LogP contribution < -0.4 is 9.47 Å². The summed E-state index contributed by atoms with van der Waals surface area (Å²) in [6.07, 6.45) is -0.191. The summed E-state index contributed by atoms with van der Waals surface area (Å²) in [6.45, 7) is 0. The third-order valence-electron chi connectivity index (χ3n) is 2.69. The first-order valence-corrected chi connectivity index (χ1v) is 6.64. The first-order chi connectivity index (χ1) is 9.55. The normalized spacial score (nSPS) is 10.5. The summed E-state index contributed by atoms with van der Waals surface area (Å²) in [4.78, 5) is 27.1. The van der Waals surface area contributed by atoms with E-state index in [2.05, 4.69) is 4.98 Å². The van der Waals surface area contributed by atoms with Crippen molar-refractivity contribution in [2.75, 3.05) is 14.2 Å². The SMILES string of the molecule is COc1cc2sc(C(=O)CCC(=O)O)cc2nc1OC. The van der Waals surface area contributed by atoms with E-state index < -0.39 is 5.97 Å². The minimum Gasteiger partial charge on any atom is -0.491 e. The molecule has 2 heterocycles. The number of carboxylic acid groups (broad SMARTS) is 1. The Morgan fingerprint density at radius 1 is 1.25 bits per heavy atom. The Hall–Kier alpha value is -2.15. The second-order valence-corrected chi connectivity index (χ2v) is 5.09. The average Bonchev–Trinajstić information content (AvgIpc) is 2.85. The van der Waals surface area contributed by atoms with Crippen LogP contribution in [0.3, 0.4) is 0 Å². The molecular formula is C13H13NO5S. The molecule has 0 aromatic carbocycles. The number of thiophene rings is 1. The number of carbonyl (C=O) groups excluding carboxylic acids is 1. The molecule has 0 spiro atoms. The van der Waals surface area contributed by atoms with E-state index >= 15 is 0 Å².